The SMILES string of the molecule is CN(CCl)CCc1cc(Cl)ccc1F. The van der Waals surface area contributed by atoms with E-state index in [1.165, 1.54) is 6.07 Å². The summed E-state index contributed by atoms with van der Waals surface area (Å²) in [6.45, 7) is 0.723. The predicted octanol–water partition coefficient (Wildman–Crippen LogP) is 3.15. The van der Waals surface area contributed by atoms with E-state index in [9.17, 15) is 4.39 Å². The Hall–Kier alpha value is -0.310. The lowest BCUT2D eigenvalue weighted by atomic mass is 10.1. The Morgan fingerprint density at radius 2 is 2.14 bits per heavy atom. The number of likely N-dealkylation sites (N-methyl/N-ethyl adjacent to an activating group) is 1. The second-order valence-electron chi connectivity index (χ2n) is 3.18. The normalized spacial score (nSPS) is 10.9. The number of halogens is 3. The fraction of sp³-hybridized carbons (Fsp3) is 0.400. The number of alkyl halides is 1. The van der Waals surface area contributed by atoms with Crippen LogP contribution in [0.3, 0.4) is 0 Å². The van der Waals surface area contributed by atoms with Gasteiger partial charge in [-0.2, -0.15) is 0 Å². The van der Waals surface area contributed by atoms with Crippen LogP contribution in [0.5, 0.6) is 0 Å². The van der Waals surface area contributed by atoms with Gasteiger partial charge in [-0.05, 0) is 37.2 Å². The first kappa shape index (κ1) is 11.8. The maximum absolute atomic E-state index is 13.2. The lowest BCUT2D eigenvalue weighted by Crippen LogP contribution is -2.19. The molecule has 4 heteroatoms. The summed E-state index contributed by atoms with van der Waals surface area (Å²) in [5.74, 6) is -0.211. The molecule has 14 heavy (non-hydrogen) atoms. The molecule has 0 saturated carbocycles. The molecule has 0 bridgehead atoms. The molecular weight excluding hydrogens is 224 g/mol. The number of hydrogen-bond donors (Lipinski definition) is 0. The molecule has 0 aromatic heterocycles. The Morgan fingerprint density at radius 3 is 2.79 bits per heavy atom. The third-order valence-electron chi connectivity index (χ3n) is 1.97. The van der Waals surface area contributed by atoms with Gasteiger partial charge < -0.3 is 0 Å². The van der Waals surface area contributed by atoms with Crippen LogP contribution in [0.4, 0.5) is 4.39 Å². The van der Waals surface area contributed by atoms with Gasteiger partial charge in [-0.25, -0.2) is 4.39 Å². The summed E-state index contributed by atoms with van der Waals surface area (Å²) in [4.78, 5) is 1.90. The molecule has 0 N–H and O–H groups in total. The topological polar surface area (TPSA) is 3.24 Å². The van der Waals surface area contributed by atoms with Crippen LogP contribution in [0.15, 0.2) is 18.2 Å². The fourth-order valence-corrected chi connectivity index (χ4v) is 1.42. The smallest absolute Gasteiger partial charge is 0.126 e. The van der Waals surface area contributed by atoms with Gasteiger partial charge in [-0.3, -0.25) is 4.90 Å². The van der Waals surface area contributed by atoms with Crippen molar-refractivity contribution >= 4 is 23.2 Å². The van der Waals surface area contributed by atoms with Crippen LogP contribution in [-0.2, 0) is 6.42 Å². The Labute approximate surface area is 93.4 Å². The number of nitrogens with zero attached hydrogens (tertiary/aromatic N) is 1. The molecule has 1 nitrogen and oxygen atoms in total. The third-order valence-corrected chi connectivity index (χ3v) is 2.62. The van der Waals surface area contributed by atoms with Gasteiger partial charge >= 0.3 is 0 Å². The maximum atomic E-state index is 13.2. The van der Waals surface area contributed by atoms with Gasteiger partial charge in [0, 0.05) is 11.6 Å². The van der Waals surface area contributed by atoms with Crippen molar-refractivity contribution in [3.63, 3.8) is 0 Å². The Balaban J connectivity index is 2.62. The van der Waals surface area contributed by atoms with E-state index in [1.54, 1.807) is 12.1 Å². The summed E-state index contributed by atoms with van der Waals surface area (Å²) in [5.41, 5.74) is 0.634. The third kappa shape index (κ3) is 3.45. The van der Waals surface area contributed by atoms with Crippen LogP contribution in [-0.4, -0.2) is 24.5 Å². The zero-order chi connectivity index (χ0) is 10.6. The minimum Gasteiger partial charge on any atom is -0.293 e. The maximum Gasteiger partial charge on any atom is 0.126 e. The monoisotopic (exact) mass is 235 g/mol. The largest absolute Gasteiger partial charge is 0.293 e. The highest BCUT2D eigenvalue weighted by Gasteiger charge is 2.04. The van der Waals surface area contributed by atoms with E-state index in [1.807, 2.05) is 11.9 Å². The van der Waals surface area contributed by atoms with Crippen molar-refractivity contribution in [1.29, 1.82) is 0 Å². The molecular formula is C10H12Cl2FN. The number of hydrogen-bond acceptors (Lipinski definition) is 1. The molecule has 1 aromatic carbocycles. The van der Waals surface area contributed by atoms with E-state index >= 15 is 0 Å². The first-order valence-electron chi connectivity index (χ1n) is 4.32. The number of benzene rings is 1. The summed E-state index contributed by atoms with van der Waals surface area (Å²) in [6, 6.07) is 5.03. The predicted molar refractivity (Wildman–Crippen MR) is 58.5 cm³/mol. The zero-order valence-electron chi connectivity index (χ0n) is 7.93. The van der Waals surface area contributed by atoms with Crippen LogP contribution in [0, 0.1) is 5.82 Å². The molecule has 0 amide bonds. The standard InChI is InChI=1S/C10H12Cl2FN/c1-14(7-11)5-4-8-6-9(12)2-3-10(8)13/h2-3,6H,4-5,7H2,1H3. The Bertz CT molecular complexity index is 304. The summed E-state index contributed by atoms with van der Waals surface area (Å²) in [5, 5.41) is 0.565. The fourth-order valence-electron chi connectivity index (χ4n) is 1.11. The van der Waals surface area contributed by atoms with E-state index in [0.29, 0.717) is 23.0 Å². The average Bonchev–Trinajstić information content (AvgIpc) is 2.19. The highest BCUT2D eigenvalue weighted by atomic mass is 35.5. The van der Waals surface area contributed by atoms with Crippen LogP contribution in [0.25, 0.3) is 0 Å². The molecule has 0 aliphatic rings. The number of rotatable bonds is 4. The van der Waals surface area contributed by atoms with E-state index in [2.05, 4.69) is 0 Å². The van der Waals surface area contributed by atoms with E-state index in [0.717, 1.165) is 6.54 Å². The lowest BCUT2D eigenvalue weighted by molar-refractivity contribution is 0.391. The summed E-state index contributed by atoms with van der Waals surface area (Å²) in [6.07, 6.45) is 0.621. The first-order chi connectivity index (χ1) is 6.63. The molecule has 0 unspecified atom stereocenters. The highest BCUT2D eigenvalue weighted by molar-refractivity contribution is 6.30. The van der Waals surface area contributed by atoms with Crippen LogP contribution >= 0.6 is 23.2 Å². The first-order valence-corrected chi connectivity index (χ1v) is 5.23. The van der Waals surface area contributed by atoms with Crippen molar-refractivity contribution in [2.45, 2.75) is 6.42 Å². The van der Waals surface area contributed by atoms with Gasteiger partial charge in [0.25, 0.3) is 0 Å². The van der Waals surface area contributed by atoms with Gasteiger partial charge in [0.05, 0.1) is 6.00 Å². The Kier molecular flexibility index (Phi) is 4.66. The van der Waals surface area contributed by atoms with Crippen molar-refractivity contribution < 1.29 is 4.39 Å². The van der Waals surface area contributed by atoms with E-state index < -0.39 is 0 Å². The van der Waals surface area contributed by atoms with Gasteiger partial charge in [-0.1, -0.05) is 11.6 Å². The lowest BCUT2D eigenvalue weighted by Gasteiger charge is -2.12. The van der Waals surface area contributed by atoms with E-state index in [4.69, 9.17) is 23.2 Å². The molecule has 0 aliphatic carbocycles. The molecule has 1 rings (SSSR count). The average molecular weight is 236 g/mol. The molecule has 0 heterocycles. The molecule has 0 spiro atoms. The van der Waals surface area contributed by atoms with Crippen LogP contribution < -0.4 is 0 Å². The van der Waals surface area contributed by atoms with Gasteiger partial charge in [0.1, 0.15) is 5.82 Å². The highest BCUT2D eigenvalue weighted by Crippen LogP contribution is 2.15. The molecule has 78 valence electrons. The van der Waals surface area contributed by atoms with Crippen LogP contribution in [0.2, 0.25) is 5.02 Å². The molecule has 1 aromatic rings. The summed E-state index contributed by atoms with van der Waals surface area (Å²) >= 11 is 11.4. The van der Waals surface area contributed by atoms with Crippen molar-refractivity contribution in [3.8, 4) is 0 Å². The van der Waals surface area contributed by atoms with Crippen molar-refractivity contribution in [2.75, 3.05) is 19.6 Å². The molecule has 0 fully saturated rings. The molecule has 0 atom stereocenters. The second-order valence-corrected chi connectivity index (χ2v) is 3.86. The Morgan fingerprint density at radius 1 is 1.43 bits per heavy atom. The van der Waals surface area contributed by atoms with Crippen molar-refractivity contribution in [1.82, 2.24) is 4.90 Å². The second kappa shape index (κ2) is 5.54. The zero-order valence-corrected chi connectivity index (χ0v) is 9.45. The van der Waals surface area contributed by atoms with Gasteiger partial charge in [-0.15, -0.1) is 11.6 Å². The minimum atomic E-state index is -0.211. The minimum absolute atomic E-state index is 0.211. The van der Waals surface area contributed by atoms with E-state index in [-0.39, 0.29) is 5.82 Å². The van der Waals surface area contributed by atoms with Crippen LogP contribution in [0.1, 0.15) is 5.56 Å². The molecule has 0 saturated heterocycles. The quantitative estimate of drug-likeness (QED) is 0.573. The molecule has 0 radical (unpaired) electrons. The van der Waals surface area contributed by atoms with Gasteiger partial charge in [0.15, 0.2) is 0 Å². The van der Waals surface area contributed by atoms with Crippen molar-refractivity contribution in [2.24, 2.45) is 0 Å². The van der Waals surface area contributed by atoms with Gasteiger partial charge in [0.2, 0.25) is 0 Å². The molecule has 0 aliphatic heterocycles. The summed E-state index contributed by atoms with van der Waals surface area (Å²) < 4.78 is 13.2. The van der Waals surface area contributed by atoms with Crippen molar-refractivity contribution in [3.05, 3.63) is 34.6 Å². The summed E-state index contributed by atoms with van der Waals surface area (Å²) in [7, 11) is 1.88.